The fraction of sp³-hybridized carbons (Fsp3) is 0.517. The summed E-state index contributed by atoms with van der Waals surface area (Å²) in [5.41, 5.74) is -0.372. The molecule has 0 spiro atoms. The van der Waals surface area contributed by atoms with Crippen molar-refractivity contribution in [2.45, 2.75) is 58.0 Å². The van der Waals surface area contributed by atoms with Gasteiger partial charge in [0.05, 0.1) is 32.0 Å². The van der Waals surface area contributed by atoms with Crippen molar-refractivity contribution >= 4 is 17.8 Å². The van der Waals surface area contributed by atoms with E-state index < -0.39 is 54.6 Å². The van der Waals surface area contributed by atoms with Crippen LogP contribution in [0.25, 0.3) is 0 Å². The highest BCUT2D eigenvalue weighted by Crippen LogP contribution is 2.31. The number of hydrogen-bond donors (Lipinski definition) is 1. The van der Waals surface area contributed by atoms with Gasteiger partial charge in [0.15, 0.2) is 23.2 Å². The predicted octanol–water partition coefficient (Wildman–Crippen LogP) is 3.72. The van der Waals surface area contributed by atoms with Crippen molar-refractivity contribution in [2.75, 3.05) is 33.7 Å². The third-order valence-electron chi connectivity index (χ3n) is 6.50. The summed E-state index contributed by atoms with van der Waals surface area (Å²) < 4.78 is 72.1. The summed E-state index contributed by atoms with van der Waals surface area (Å²) in [5.74, 6) is -2.57. The van der Waals surface area contributed by atoms with Gasteiger partial charge in [0.25, 0.3) is 5.91 Å². The molecule has 1 aliphatic rings. The van der Waals surface area contributed by atoms with Crippen LogP contribution in [0.1, 0.15) is 48.8 Å². The largest absolute Gasteiger partial charge is 0.493 e. The molecule has 236 valence electrons. The van der Waals surface area contributed by atoms with Gasteiger partial charge in [-0.2, -0.15) is 13.2 Å². The number of aromatic nitrogens is 1. The number of amides is 1. The molecule has 1 saturated heterocycles. The first kappa shape index (κ1) is 33.6. The van der Waals surface area contributed by atoms with Gasteiger partial charge in [-0.05, 0) is 37.5 Å². The molecule has 1 amide bonds. The number of methoxy groups -OCH3 is 1. The van der Waals surface area contributed by atoms with Crippen LogP contribution in [0.4, 0.5) is 13.2 Å². The van der Waals surface area contributed by atoms with Crippen molar-refractivity contribution in [2.24, 2.45) is 5.92 Å². The molecule has 1 aliphatic heterocycles. The summed E-state index contributed by atoms with van der Waals surface area (Å²) in [7, 11) is 1.35. The molecule has 1 N–H and O–H groups in total. The Morgan fingerprint density at radius 2 is 1.86 bits per heavy atom. The normalized spacial score (nSPS) is 21.0. The van der Waals surface area contributed by atoms with Crippen LogP contribution in [-0.2, 0) is 41.1 Å². The Labute approximate surface area is 246 Å². The minimum Gasteiger partial charge on any atom is -0.493 e. The molecule has 14 heteroatoms. The first-order chi connectivity index (χ1) is 20.4. The Hall–Kier alpha value is -3.91. The number of nitrogens with zero attached hydrogens (tertiary/aromatic N) is 1. The molecule has 0 aliphatic carbocycles. The molecular weight excluding hydrogens is 577 g/mol. The number of alkyl halides is 3. The Balaban J connectivity index is 1.79. The fourth-order valence-electron chi connectivity index (χ4n) is 4.44. The van der Waals surface area contributed by atoms with Crippen LogP contribution in [0.15, 0.2) is 36.5 Å². The Bertz CT molecular complexity index is 1240. The first-order valence-corrected chi connectivity index (χ1v) is 13.6. The van der Waals surface area contributed by atoms with E-state index in [1.165, 1.54) is 38.4 Å². The highest BCUT2D eigenvalue weighted by Gasteiger charge is 2.36. The first-order valence-electron chi connectivity index (χ1n) is 13.6. The lowest BCUT2D eigenvalue weighted by atomic mass is 9.91. The summed E-state index contributed by atoms with van der Waals surface area (Å²) in [4.78, 5) is 41.6. The van der Waals surface area contributed by atoms with E-state index in [4.69, 9.17) is 28.4 Å². The van der Waals surface area contributed by atoms with Crippen molar-refractivity contribution in [3.05, 3.63) is 53.3 Å². The molecule has 2 heterocycles. The van der Waals surface area contributed by atoms with Crippen molar-refractivity contribution in [1.29, 1.82) is 0 Å². The van der Waals surface area contributed by atoms with Crippen LogP contribution in [0.5, 0.6) is 11.5 Å². The number of carbonyl (C=O) groups is 3. The van der Waals surface area contributed by atoms with Crippen LogP contribution >= 0.6 is 0 Å². The number of esters is 2. The predicted molar refractivity (Wildman–Crippen MR) is 144 cm³/mol. The van der Waals surface area contributed by atoms with E-state index >= 15 is 0 Å². The molecule has 3 rings (SSSR count). The quantitative estimate of drug-likeness (QED) is 0.296. The molecule has 1 aromatic heterocycles. The minimum absolute atomic E-state index is 0.0664. The lowest BCUT2D eigenvalue weighted by molar-refractivity contribution is -0.160. The van der Waals surface area contributed by atoms with Gasteiger partial charge in [0.2, 0.25) is 6.79 Å². The van der Waals surface area contributed by atoms with Gasteiger partial charge in [0.1, 0.15) is 6.10 Å². The molecule has 4 atom stereocenters. The van der Waals surface area contributed by atoms with Crippen LogP contribution < -0.4 is 14.8 Å². The molecule has 0 radical (unpaired) electrons. The second-order valence-electron chi connectivity index (χ2n) is 9.79. The number of halogens is 3. The molecule has 1 aromatic carbocycles. The van der Waals surface area contributed by atoms with Gasteiger partial charge in [-0.25, -0.2) is 9.78 Å². The van der Waals surface area contributed by atoms with E-state index in [0.717, 1.165) is 12.1 Å². The van der Waals surface area contributed by atoms with Crippen molar-refractivity contribution in [3.63, 3.8) is 0 Å². The second-order valence-corrected chi connectivity index (χ2v) is 9.79. The number of ether oxygens (including phenoxy) is 6. The van der Waals surface area contributed by atoms with Crippen molar-refractivity contribution < 1.29 is 56.0 Å². The van der Waals surface area contributed by atoms with Crippen LogP contribution in [-0.4, -0.2) is 74.8 Å². The number of cyclic esters (lactones) is 1. The number of rotatable bonds is 11. The van der Waals surface area contributed by atoms with Crippen molar-refractivity contribution in [3.8, 4) is 11.5 Å². The van der Waals surface area contributed by atoms with E-state index in [9.17, 15) is 27.6 Å². The summed E-state index contributed by atoms with van der Waals surface area (Å²) in [5, 5.41) is 2.54. The van der Waals surface area contributed by atoms with E-state index in [1.54, 1.807) is 6.92 Å². The molecule has 0 saturated carbocycles. The van der Waals surface area contributed by atoms with Gasteiger partial charge in [-0.15, -0.1) is 0 Å². The monoisotopic (exact) mass is 612 g/mol. The number of hydrogen-bond acceptors (Lipinski definition) is 10. The van der Waals surface area contributed by atoms with Gasteiger partial charge in [0, 0.05) is 31.7 Å². The molecule has 1 fully saturated rings. The number of carbonyl (C=O) groups excluding carboxylic acids is 3. The third kappa shape index (κ3) is 9.55. The third-order valence-corrected chi connectivity index (χ3v) is 6.50. The topological polar surface area (TPSA) is 132 Å². The Kier molecular flexibility index (Phi) is 12.1. The Morgan fingerprint density at radius 1 is 1.14 bits per heavy atom. The van der Waals surface area contributed by atoms with E-state index in [0.29, 0.717) is 25.0 Å². The maximum atomic E-state index is 13.2. The number of pyridine rings is 1. The lowest BCUT2D eigenvalue weighted by Crippen LogP contribution is -2.46. The van der Waals surface area contributed by atoms with Crippen LogP contribution in [0, 0.1) is 5.92 Å². The maximum absolute atomic E-state index is 13.2. The highest BCUT2D eigenvalue weighted by molar-refractivity contribution is 5.98. The van der Waals surface area contributed by atoms with Gasteiger partial charge < -0.3 is 33.7 Å². The van der Waals surface area contributed by atoms with Crippen molar-refractivity contribution in [1.82, 2.24) is 10.3 Å². The van der Waals surface area contributed by atoms with Crippen LogP contribution in [0.2, 0.25) is 0 Å². The number of benzene rings is 1. The minimum atomic E-state index is -4.45. The van der Waals surface area contributed by atoms with E-state index in [2.05, 4.69) is 10.3 Å². The maximum Gasteiger partial charge on any atom is 0.416 e. The zero-order valence-corrected chi connectivity index (χ0v) is 24.3. The van der Waals surface area contributed by atoms with Gasteiger partial charge in [-0.1, -0.05) is 19.1 Å². The smallest absolute Gasteiger partial charge is 0.416 e. The second kappa shape index (κ2) is 15.5. The summed E-state index contributed by atoms with van der Waals surface area (Å²) in [6, 6.07) is 5.01. The zero-order chi connectivity index (χ0) is 31.6. The average Bonchev–Trinajstić information content (AvgIpc) is 3.00. The SMILES string of the molecule is CCCOC1C(Cc2ccc(C(F)(F)F)cc2)COCC(NC(=O)c2nccc(OC)c2OCOC(C)=O)C(=O)OC1C. The van der Waals surface area contributed by atoms with E-state index in [-0.39, 0.29) is 36.3 Å². The summed E-state index contributed by atoms with van der Waals surface area (Å²) in [6.07, 6.45) is -3.60. The molecule has 2 aromatic rings. The lowest BCUT2D eigenvalue weighted by Gasteiger charge is -2.30. The standard InChI is InChI=1S/C29H35F3N2O9/c1-5-12-40-25-17(2)43-28(37)22(15-39-14-20(25)13-19-6-8-21(9-7-19)29(30,31)32)34-27(36)24-26(42-16-41-18(3)35)23(38-4)10-11-33-24/h6-11,17,20,22,25H,5,12-16H2,1-4H3,(H,34,36). The molecule has 11 nitrogen and oxygen atoms in total. The molecular formula is C29H35F3N2O9. The fourth-order valence-corrected chi connectivity index (χ4v) is 4.44. The Morgan fingerprint density at radius 3 is 2.49 bits per heavy atom. The molecule has 43 heavy (non-hydrogen) atoms. The summed E-state index contributed by atoms with van der Waals surface area (Å²) >= 11 is 0. The highest BCUT2D eigenvalue weighted by atomic mass is 19.4. The van der Waals surface area contributed by atoms with E-state index in [1.807, 2.05) is 6.92 Å². The zero-order valence-electron chi connectivity index (χ0n) is 24.3. The number of nitrogens with one attached hydrogen (secondary N) is 1. The van der Waals surface area contributed by atoms with Crippen LogP contribution in [0.3, 0.4) is 0 Å². The molecule has 4 unspecified atom stereocenters. The van der Waals surface area contributed by atoms with Gasteiger partial charge >= 0.3 is 18.1 Å². The molecule has 0 bridgehead atoms. The van der Waals surface area contributed by atoms with Gasteiger partial charge in [-0.3, -0.25) is 9.59 Å². The average molecular weight is 613 g/mol. The summed E-state index contributed by atoms with van der Waals surface area (Å²) in [6.45, 7) is 4.39.